The van der Waals surface area contributed by atoms with E-state index in [2.05, 4.69) is 10.6 Å². The second-order valence-corrected chi connectivity index (χ2v) is 6.45. The number of rotatable bonds is 5. The van der Waals surface area contributed by atoms with Gasteiger partial charge in [-0.25, -0.2) is 0 Å². The zero-order valence-electron chi connectivity index (χ0n) is 15.4. The second-order valence-electron chi connectivity index (χ2n) is 6.45. The summed E-state index contributed by atoms with van der Waals surface area (Å²) in [6.07, 6.45) is 0. The largest absolute Gasteiger partial charge is 0.325 e. The maximum Gasteiger partial charge on any atom is 0.241 e. The van der Waals surface area contributed by atoms with Crippen molar-refractivity contribution in [3.63, 3.8) is 0 Å². The van der Waals surface area contributed by atoms with Gasteiger partial charge in [0.25, 0.3) is 0 Å². The van der Waals surface area contributed by atoms with Gasteiger partial charge in [-0.1, -0.05) is 66.7 Å². The molecule has 0 aliphatic heterocycles. The van der Waals surface area contributed by atoms with Crippen LogP contribution in [0.5, 0.6) is 0 Å². The van der Waals surface area contributed by atoms with Crippen LogP contribution >= 0.6 is 0 Å². The molecule has 0 saturated heterocycles. The van der Waals surface area contributed by atoms with Crippen LogP contribution in [0, 0.1) is 13.8 Å². The van der Waals surface area contributed by atoms with Crippen LogP contribution in [0.4, 0.5) is 11.4 Å². The fraction of sp³-hybridized carbons (Fsp3) is 0.130. The van der Waals surface area contributed by atoms with Crippen LogP contribution < -0.4 is 10.6 Å². The number of amides is 2. The number of carbonyl (C=O) groups is 2. The van der Waals surface area contributed by atoms with Crippen molar-refractivity contribution < 1.29 is 9.59 Å². The Morgan fingerprint density at radius 2 is 1.04 bits per heavy atom. The van der Waals surface area contributed by atoms with Gasteiger partial charge in [0.05, 0.1) is 0 Å². The number of nitrogens with one attached hydrogen (secondary N) is 2. The monoisotopic (exact) mass is 358 g/mol. The first-order valence-corrected chi connectivity index (χ1v) is 8.84. The van der Waals surface area contributed by atoms with Gasteiger partial charge in [0.1, 0.15) is 5.92 Å². The van der Waals surface area contributed by atoms with Crippen molar-refractivity contribution in [1.29, 1.82) is 0 Å². The minimum Gasteiger partial charge on any atom is -0.325 e. The van der Waals surface area contributed by atoms with Crippen LogP contribution in [0.1, 0.15) is 22.6 Å². The summed E-state index contributed by atoms with van der Waals surface area (Å²) in [5.41, 5.74) is 3.93. The molecule has 0 atom stereocenters. The number of hydrogen-bond acceptors (Lipinski definition) is 2. The quantitative estimate of drug-likeness (QED) is 0.652. The van der Waals surface area contributed by atoms with Crippen LogP contribution in [0.25, 0.3) is 0 Å². The molecule has 2 N–H and O–H groups in total. The summed E-state index contributed by atoms with van der Waals surface area (Å²) in [6, 6.07) is 24.1. The van der Waals surface area contributed by atoms with Gasteiger partial charge in [0.15, 0.2) is 0 Å². The van der Waals surface area contributed by atoms with Crippen molar-refractivity contribution in [2.45, 2.75) is 19.8 Å². The van der Waals surface area contributed by atoms with Gasteiger partial charge in [-0.15, -0.1) is 0 Å². The molecule has 4 nitrogen and oxygen atoms in total. The lowest BCUT2D eigenvalue weighted by Crippen LogP contribution is -2.32. The topological polar surface area (TPSA) is 58.2 Å². The number of hydrogen-bond donors (Lipinski definition) is 2. The van der Waals surface area contributed by atoms with Crippen molar-refractivity contribution in [3.05, 3.63) is 95.6 Å². The fourth-order valence-electron chi connectivity index (χ4n) is 2.90. The molecule has 0 unspecified atom stereocenters. The standard InChI is InChI=1S/C23H22N2O2/c1-16-10-6-8-14-19(16)24-22(26)21(18-12-4-3-5-13-18)23(27)25-20-15-9-7-11-17(20)2/h3-15,21H,1-2H3,(H,24,26)(H,25,27). The Balaban J connectivity index is 1.89. The molecule has 136 valence electrons. The molecule has 0 saturated carbocycles. The Bertz CT molecular complexity index is 892. The van der Waals surface area contributed by atoms with E-state index < -0.39 is 5.92 Å². The second kappa shape index (κ2) is 8.32. The summed E-state index contributed by atoms with van der Waals surface area (Å²) in [4.78, 5) is 26.0. The number of carbonyl (C=O) groups excluding carboxylic acids is 2. The molecule has 27 heavy (non-hydrogen) atoms. The van der Waals surface area contributed by atoms with E-state index >= 15 is 0 Å². The van der Waals surface area contributed by atoms with Gasteiger partial charge in [0.2, 0.25) is 11.8 Å². The molecule has 3 aromatic rings. The molecule has 0 aliphatic carbocycles. The van der Waals surface area contributed by atoms with E-state index in [4.69, 9.17) is 0 Å². The molecule has 0 bridgehead atoms. The van der Waals surface area contributed by atoms with Crippen LogP contribution in [0.2, 0.25) is 0 Å². The molecule has 3 aromatic carbocycles. The van der Waals surface area contributed by atoms with Crippen LogP contribution in [0.15, 0.2) is 78.9 Å². The Hall–Kier alpha value is -3.40. The van der Waals surface area contributed by atoms with Gasteiger partial charge in [0, 0.05) is 11.4 Å². The molecule has 0 fully saturated rings. The number of para-hydroxylation sites is 2. The molecule has 3 rings (SSSR count). The lowest BCUT2D eigenvalue weighted by molar-refractivity contribution is -0.125. The lowest BCUT2D eigenvalue weighted by Gasteiger charge is -2.18. The minimum atomic E-state index is -0.953. The third kappa shape index (κ3) is 4.42. The van der Waals surface area contributed by atoms with Gasteiger partial charge in [-0.2, -0.15) is 0 Å². The summed E-state index contributed by atoms with van der Waals surface area (Å²) >= 11 is 0. The van der Waals surface area contributed by atoms with Gasteiger partial charge in [-0.3, -0.25) is 9.59 Å². The SMILES string of the molecule is Cc1ccccc1NC(=O)C(C(=O)Nc1ccccc1C)c1ccccc1. The lowest BCUT2D eigenvalue weighted by atomic mass is 9.96. The van der Waals surface area contributed by atoms with Crippen molar-refractivity contribution in [1.82, 2.24) is 0 Å². The summed E-state index contributed by atoms with van der Waals surface area (Å²) in [6.45, 7) is 3.83. The molecule has 0 heterocycles. The predicted octanol–water partition coefficient (Wildman–Crippen LogP) is 4.66. The normalized spacial score (nSPS) is 10.5. The molecule has 0 radical (unpaired) electrons. The minimum absolute atomic E-state index is 0.360. The molecule has 2 amide bonds. The van der Waals surface area contributed by atoms with E-state index in [0.717, 1.165) is 11.1 Å². The van der Waals surface area contributed by atoms with Crippen molar-refractivity contribution in [2.24, 2.45) is 0 Å². The van der Waals surface area contributed by atoms with Gasteiger partial charge in [-0.05, 0) is 42.7 Å². The van der Waals surface area contributed by atoms with Crippen molar-refractivity contribution in [3.8, 4) is 0 Å². The summed E-state index contributed by atoms with van der Waals surface area (Å²) in [5, 5.41) is 5.78. The Labute approximate surface area is 159 Å². The van der Waals surface area contributed by atoms with E-state index in [1.807, 2.05) is 80.6 Å². The summed E-state index contributed by atoms with van der Waals surface area (Å²) < 4.78 is 0. The summed E-state index contributed by atoms with van der Waals surface area (Å²) in [5.74, 6) is -1.67. The molecular weight excluding hydrogens is 336 g/mol. The Morgan fingerprint density at radius 1 is 0.630 bits per heavy atom. The van der Waals surface area contributed by atoms with Crippen LogP contribution in [-0.4, -0.2) is 11.8 Å². The molecule has 0 aromatic heterocycles. The summed E-state index contributed by atoms with van der Waals surface area (Å²) in [7, 11) is 0. The predicted molar refractivity (Wildman–Crippen MR) is 109 cm³/mol. The third-order valence-electron chi connectivity index (χ3n) is 4.46. The Morgan fingerprint density at radius 3 is 1.48 bits per heavy atom. The highest BCUT2D eigenvalue weighted by Crippen LogP contribution is 2.23. The highest BCUT2D eigenvalue weighted by molar-refractivity contribution is 6.15. The van der Waals surface area contributed by atoms with E-state index in [1.54, 1.807) is 12.1 Å². The molecule has 0 aliphatic rings. The number of aryl methyl sites for hydroxylation is 2. The zero-order chi connectivity index (χ0) is 19.2. The van der Waals surface area contributed by atoms with Crippen molar-refractivity contribution in [2.75, 3.05) is 10.6 Å². The third-order valence-corrected chi connectivity index (χ3v) is 4.46. The zero-order valence-corrected chi connectivity index (χ0v) is 15.4. The average Bonchev–Trinajstić information content (AvgIpc) is 2.66. The first kappa shape index (κ1) is 18.4. The first-order valence-electron chi connectivity index (χ1n) is 8.84. The van der Waals surface area contributed by atoms with E-state index in [9.17, 15) is 9.59 Å². The smallest absolute Gasteiger partial charge is 0.241 e. The fourth-order valence-corrected chi connectivity index (χ4v) is 2.90. The average molecular weight is 358 g/mol. The van der Waals surface area contributed by atoms with E-state index in [0.29, 0.717) is 16.9 Å². The van der Waals surface area contributed by atoms with Crippen LogP contribution in [0.3, 0.4) is 0 Å². The van der Waals surface area contributed by atoms with E-state index in [-0.39, 0.29) is 11.8 Å². The number of anilines is 2. The maximum atomic E-state index is 13.0. The maximum absolute atomic E-state index is 13.0. The Kier molecular flexibility index (Phi) is 5.67. The molecular formula is C23H22N2O2. The van der Waals surface area contributed by atoms with Crippen molar-refractivity contribution >= 4 is 23.2 Å². The highest BCUT2D eigenvalue weighted by Gasteiger charge is 2.29. The highest BCUT2D eigenvalue weighted by atomic mass is 16.2. The van der Waals surface area contributed by atoms with Gasteiger partial charge >= 0.3 is 0 Å². The molecule has 0 spiro atoms. The van der Waals surface area contributed by atoms with Crippen LogP contribution in [-0.2, 0) is 9.59 Å². The van der Waals surface area contributed by atoms with Gasteiger partial charge < -0.3 is 10.6 Å². The van der Waals surface area contributed by atoms with E-state index in [1.165, 1.54) is 0 Å². The molecule has 4 heteroatoms. The first-order chi connectivity index (χ1) is 13.1. The number of benzene rings is 3.